The molecule has 0 atom stereocenters. The van der Waals surface area contributed by atoms with E-state index in [1.165, 1.54) is 0 Å². The Bertz CT molecular complexity index is 968. The average molecular weight is 356 g/mol. The van der Waals surface area contributed by atoms with Crippen LogP contribution in [-0.2, 0) is 16.4 Å². The highest BCUT2D eigenvalue weighted by atomic mass is 32.2. The number of nitrogens with zero attached hydrogens (tertiary/aromatic N) is 2. The molecular formula is C19H20N2O3S. The standard InChI is InChI=1S/C19H20N2O3S/c1-19(2)8-7-13-5-6-14(12-16(13)17(19)22)15-4-3-9-21-10-11-25(23,24)20-18(15)21/h3-6,9,12H,7-8,10-11H2,1-2H3. The van der Waals surface area contributed by atoms with Crippen molar-refractivity contribution >= 4 is 27.2 Å². The lowest BCUT2D eigenvalue weighted by Gasteiger charge is -2.31. The Labute approximate surface area is 147 Å². The normalized spacial score (nSPS) is 23.4. The maximum Gasteiger partial charge on any atom is 0.256 e. The molecule has 1 aromatic rings. The van der Waals surface area contributed by atoms with E-state index in [1.807, 2.05) is 55.3 Å². The second kappa shape index (κ2) is 5.39. The first-order valence-electron chi connectivity index (χ1n) is 8.43. The molecule has 25 heavy (non-hydrogen) atoms. The van der Waals surface area contributed by atoms with Crippen molar-refractivity contribution < 1.29 is 13.2 Å². The van der Waals surface area contributed by atoms with E-state index in [2.05, 4.69) is 4.40 Å². The molecule has 130 valence electrons. The highest BCUT2D eigenvalue weighted by Gasteiger charge is 2.35. The lowest BCUT2D eigenvalue weighted by atomic mass is 9.72. The first-order chi connectivity index (χ1) is 11.8. The largest absolute Gasteiger partial charge is 0.331 e. The Morgan fingerprint density at radius 3 is 2.84 bits per heavy atom. The number of allylic oxidation sites excluding steroid dienone is 2. The van der Waals surface area contributed by atoms with Crippen molar-refractivity contribution in [3.8, 4) is 0 Å². The van der Waals surface area contributed by atoms with Crippen LogP contribution in [0.25, 0.3) is 5.57 Å². The Morgan fingerprint density at radius 1 is 1.24 bits per heavy atom. The molecule has 1 aliphatic carbocycles. The third kappa shape index (κ3) is 2.74. The average Bonchev–Trinajstić information content (AvgIpc) is 2.57. The van der Waals surface area contributed by atoms with Gasteiger partial charge in [-0.25, -0.2) is 8.42 Å². The topological polar surface area (TPSA) is 66.8 Å². The minimum atomic E-state index is -3.44. The van der Waals surface area contributed by atoms with Crippen molar-refractivity contribution in [2.24, 2.45) is 9.81 Å². The number of hydrogen-bond acceptors (Lipinski definition) is 4. The second-order valence-corrected chi connectivity index (χ2v) is 9.16. The molecule has 0 amide bonds. The van der Waals surface area contributed by atoms with Gasteiger partial charge in [0.05, 0.1) is 5.75 Å². The van der Waals surface area contributed by atoms with Crippen LogP contribution in [0.2, 0.25) is 0 Å². The van der Waals surface area contributed by atoms with Crippen molar-refractivity contribution in [2.75, 3.05) is 12.3 Å². The fraction of sp³-hybridized carbons (Fsp3) is 0.368. The van der Waals surface area contributed by atoms with Gasteiger partial charge in [-0.2, -0.15) is 0 Å². The van der Waals surface area contributed by atoms with Crippen LogP contribution in [0.4, 0.5) is 0 Å². The fourth-order valence-corrected chi connectivity index (χ4v) is 4.53. The lowest BCUT2D eigenvalue weighted by molar-refractivity contribution is 0.0811. The number of carbonyl (C=O) groups is 1. The first-order valence-corrected chi connectivity index (χ1v) is 10.0. The second-order valence-electron chi connectivity index (χ2n) is 7.40. The lowest BCUT2D eigenvalue weighted by Crippen LogP contribution is -2.37. The third-order valence-corrected chi connectivity index (χ3v) is 6.31. The number of ketones is 1. The number of Topliss-reactive ketones (excluding diaryl/α,β-unsaturated/α-hetero) is 1. The molecule has 2 aliphatic heterocycles. The zero-order chi connectivity index (χ0) is 17.8. The minimum absolute atomic E-state index is 0.0188. The molecule has 0 spiro atoms. The smallest absolute Gasteiger partial charge is 0.256 e. The summed E-state index contributed by atoms with van der Waals surface area (Å²) in [6.07, 6.45) is 7.31. The van der Waals surface area contributed by atoms with Crippen molar-refractivity contribution in [3.63, 3.8) is 0 Å². The molecule has 0 radical (unpaired) electrons. The van der Waals surface area contributed by atoms with E-state index >= 15 is 0 Å². The third-order valence-electron chi connectivity index (χ3n) is 5.16. The summed E-state index contributed by atoms with van der Waals surface area (Å²) in [7, 11) is -3.44. The Morgan fingerprint density at radius 2 is 2.04 bits per heavy atom. The van der Waals surface area contributed by atoms with Crippen LogP contribution in [0.3, 0.4) is 0 Å². The quantitative estimate of drug-likeness (QED) is 0.776. The Balaban J connectivity index is 1.82. The summed E-state index contributed by atoms with van der Waals surface area (Å²) in [5.41, 5.74) is 3.02. The highest BCUT2D eigenvalue weighted by molar-refractivity contribution is 7.90. The number of rotatable bonds is 1. The number of carbonyl (C=O) groups excluding carboxylic acids is 1. The molecule has 4 rings (SSSR count). The van der Waals surface area contributed by atoms with E-state index in [0.717, 1.165) is 35.1 Å². The Kier molecular flexibility index (Phi) is 3.51. The molecule has 0 aromatic heterocycles. The van der Waals surface area contributed by atoms with Gasteiger partial charge in [-0.05, 0) is 42.2 Å². The number of sulfonamides is 1. The number of hydrogen-bond donors (Lipinski definition) is 0. The molecule has 0 saturated carbocycles. The minimum Gasteiger partial charge on any atom is -0.331 e. The van der Waals surface area contributed by atoms with Gasteiger partial charge in [0, 0.05) is 29.3 Å². The maximum atomic E-state index is 12.8. The molecule has 3 aliphatic rings. The summed E-state index contributed by atoms with van der Waals surface area (Å²) in [6.45, 7) is 4.35. The molecule has 0 saturated heterocycles. The van der Waals surface area contributed by atoms with Crippen LogP contribution < -0.4 is 0 Å². The summed E-state index contributed by atoms with van der Waals surface area (Å²) in [4.78, 5) is 14.6. The van der Waals surface area contributed by atoms with Crippen LogP contribution in [-0.4, -0.2) is 37.2 Å². The van der Waals surface area contributed by atoms with E-state index < -0.39 is 10.0 Å². The highest BCUT2D eigenvalue weighted by Crippen LogP contribution is 2.36. The van der Waals surface area contributed by atoms with Crippen LogP contribution in [0.5, 0.6) is 0 Å². The molecule has 0 bridgehead atoms. The molecule has 1 aromatic carbocycles. The van der Waals surface area contributed by atoms with Gasteiger partial charge in [-0.15, -0.1) is 4.40 Å². The van der Waals surface area contributed by atoms with Crippen LogP contribution in [0.15, 0.2) is 40.9 Å². The maximum absolute atomic E-state index is 12.8. The predicted molar refractivity (Wildman–Crippen MR) is 97.9 cm³/mol. The summed E-state index contributed by atoms with van der Waals surface area (Å²) in [5, 5.41) is 0. The van der Waals surface area contributed by atoms with Crippen molar-refractivity contribution in [3.05, 3.63) is 53.2 Å². The molecule has 0 N–H and O–H groups in total. The molecule has 2 heterocycles. The van der Waals surface area contributed by atoms with Crippen molar-refractivity contribution in [2.45, 2.75) is 26.7 Å². The van der Waals surface area contributed by atoms with Crippen LogP contribution in [0, 0.1) is 5.41 Å². The first kappa shape index (κ1) is 16.3. The van der Waals surface area contributed by atoms with Gasteiger partial charge in [-0.3, -0.25) is 4.79 Å². The predicted octanol–water partition coefficient (Wildman–Crippen LogP) is 2.80. The van der Waals surface area contributed by atoms with Crippen LogP contribution >= 0.6 is 0 Å². The molecule has 5 nitrogen and oxygen atoms in total. The van der Waals surface area contributed by atoms with E-state index in [4.69, 9.17) is 0 Å². The number of aryl methyl sites for hydroxylation is 1. The number of benzene rings is 1. The van der Waals surface area contributed by atoms with E-state index in [0.29, 0.717) is 12.4 Å². The van der Waals surface area contributed by atoms with Crippen molar-refractivity contribution in [1.29, 1.82) is 0 Å². The molecule has 0 fully saturated rings. The van der Waals surface area contributed by atoms with Crippen molar-refractivity contribution in [1.82, 2.24) is 4.90 Å². The van der Waals surface area contributed by atoms with E-state index in [9.17, 15) is 13.2 Å². The number of amidine groups is 1. The van der Waals surface area contributed by atoms with Gasteiger partial charge in [0.2, 0.25) is 0 Å². The number of fused-ring (bicyclic) bond motifs is 2. The van der Waals surface area contributed by atoms with Gasteiger partial charge in [0.1, 0.15) is 0 Å². The van der Waals surface area contributed by atoms with Gasteiger partial charge in [-0.1, -0.05) is 26.0 Å². The molecule has 6 heteroatoms. The van der Waals surface area contributed by atoms with Crippen LogP contribution in [0.1, 0.15) is 41.8 Å². The monoisotopic (exact) mass is 356 g/mol. The SMILES string of the molecule is CC1(C)CCc2ccc(C3=CC=CN4CCS(=O)(=O)N=C34)cc2C1=O. The van der Waals surface area contributed by atoms with Gasteiger partial charge in [0.25, 0.3) is 10.0 Å². The van der Waals surface area contributed by atoms with Gasteiger partial charge >= 0.3 is 0 Å². The Hall–Kier alpha value is -2.21. The summed E-state index contributed by atoms with van der Waals surface area (Å²) in [5.74, 6) is 0.610. The zero-order valence-corrected chi connectivity index (χ0v) is 15.1. The van der Waals surface area contributed by atoms with E-state index in [-0.39, 0.29) is 17.0 Å². The van der Waals surface area contributed by atoms with E-state index in [1.54, 1.807) is 0 Å². The zero-order valence-electron chi connectivity index (χ0n) is 14.3. The van der Waals surface area contributed by atoms with Gasteiger partial charge in [0.15, 0.2) is 11.6 Å². The fourth-order valence-electron chi connectivity index (χ4n) is 3.54. The molecule has 0 unspecified atom stereocenters. The summed E-state index contributed by atoms with van der Waals surface area (Å²) < 4.78 is 27.8. The summed E-state index contributed by atoms with van der Waals surface area (Å²) >= 11 is 0. The molecular weight excluding hydrogens is 336 g/mol. The summed E-state index contributed by atoms with van der Waals surface area (Å²) in [6, 6.07) is 5.84. The van der Waals surface area contributed by atoms with Gasteiger partial charge < -0.3 is 4.90 Å².